The van der Waals surface area contributed by atoms with Gasteiger partial charge in [-0.1, -0.05) is 0 Å². The van der Waals surface area contributed by atoms with Crippen LogP contribution in [0.4, 0.5) is 5.69 Å². The maximum atomic E-state index is 13.6. The number of hydrogen-bond donors (Lipinski definition) is 1. The topological polar surface area (TPSA) is 119 Å². The maximum Gasteiger partial charge on any atom is 0.349 e. The van der Waals surface area contributed by atoms with Crippen LogP contribution in [0.15, 0.2) is 46.1 Å². The Morgan fingerprint density at radius 1 is 1.00 bits per heavy atom. The fraction of sp³-hybridized carbons (Fsp3) is 0.360. The molecule has 6 rings (SSSR count). The number of hydrogen-bond acceptors (Lipinski definition) is 7. The number of anilines is 1. The van der Waals surface area contributed by atoms with E-state index in [0.29, 0.717) is 35.4 Å². The van der Waals surface area contributed by atoms with Gasteiger partial charge in [-0.15, -0.1) is 0 Å². The van der Waals surface area contributed by atoms with Crippen molar-refractivity contribution >= 4 is 27.8 Å². The second-order valence-corrected chi connectivity index (χ2v) is 9.52. The van der Waals surface area contributed by atoms with Gasteiger partial charge in [-0.05, 0) is 32.8 Å². The number of benzene rings is 1. The van der Waals surface area contributed by atoms with E-state index in [0.717, 1.165) is 27.6 Å². The Hall–Kier alpha value is -3.92. The van der Waals surface area contributed by atoms with Gasteiger partial charge in [0, 0.05) is 66.4 Å². The average molecular weight is 474 g/mol. The van der Waals surface area contributed by atoms with Crippen molar-refractivity contribution in [3.63, 3.8) is 0 Å². The molecule has 3 atom stereocenters. The van der Waals surface area contributed by atoms with Crippen LogP contribution < -0.4 is 11.4 Å². The molecule has 0 bridgehead atoms. The smallest absolute Gasteiger partial charge is 0.349 e. The van der Waals surface area contributed by atoms with Gasteiger partial charge in [0.25, 0.3) is 0 Å². The number of rotatable bonds is 3. The largest absolute Gasteiger partial charge is 0.452 e. The Labute approximate surface area is 200 Å². The third-order valence-electron chi connectivity index (χ3n) is 6.74. The van der Waals surface area contributed by atoms with Crippen LogP contribution >= 0.6 is 0 Å². The molecule has 10 heteroatoms. The summed E-state index contributed by atoms with van der Waals surface area (Å²) >= 11 is 0. The minimum Gasteiger partial charge on any atom is -0.452 e. The molecule has 0 aliphatic carbocycles. The van der Waals surface area contributed by atoms with Gasteiger partial charge in [0.2, 0.25) is 0 Å². The predicted octanol–water partition coefficient (Wildman–Crippen LogP) is 3.65. The lowest BCUT2D eigenvalue weighted by Gasteiger charge is -2.33. The van der Waals surface area contributed by atoms with Gasteiger partial charge >= 0.3 is 5.69 Å². The van der Waals surface area contributed by atoms with Crippen LogP contribution in [0.25, 0.3) is 44.5 Å². The first-order valence-corrected chi connectivity index (χ1v) is 11.7. The van der Waals surface area contributed by atoms with Crippen molar-refractivity contribution < 1.29 is 9.15 Å². The number of nitrogen functional groups attached to an aromatic ring is 1. The maximum absolute atomic E-state index is 13.6. The molecular weight excluding hydrogens is 446 g/mol. The van der Waals surface area contributed by atoms with Crippen LogP contribution in [-0.2, 0) is 18.8 Å². The number of ether oxygens (including phenoxy) is 1. The molecule has 0 radical (unpaired) electrons. The second-order valence-electron chi connectivity index (χ2n) is 9.52. The summed E-state index contributed by atoms with van der Waals surface area (Å²) < 4.78 is 17.5. The molecule has 1 aliphatic rings. The molecule has 1 saturated heterocycles. The van der Waals surface area contributed by atoms with E-state index in [1.807, 2.05) is 52.5 Å². The zero-order valence-corrected chi connectivity index (χ0v) is 20.1. The van der Waals surface area contributed by atoms with E-state index >= 15 is 0 Å². The van der Waals surface area contributed by atoms with Crippen molar-refractivity contribution in [3.8, 4) is 22.4 Å². The van der Waals surface area contributed by atoms with Crippen molar-refractivity contribution in [1.82, 2.24) is 29.1 Å². The van der Waals surface area contributed by atoms with E-state index in [4.69, 9.17) is 14.9 Å². The minimum atomic E-state index is -0.315. The van der Waals surface area contributed by atoms with Crippen molar-refractivity contribution in [2.45, 2.75) is 44.9 Å². The Morgan fingerprint density at radius 2 is 1.66 bits per heavy atom. The number of furan rings is 1. The van der Waals surface area contributed by atoms with Gasteiger partial charge in [-0.3, -0.25) is 13.9 Å². The van der Waals surface area contributed by atoms with E-state index in [1.165, 1.54) is 0 Å². The van der Waals surface area contributed by atoms with Crippen LogP contribution in [-0.4, -0.2) is 41.3 Å². The molecule has 1 aromatic carbocycles. The highest BCUT2D eigenvalue weighted by Crippen LogP contribution is 2.40. The van der Waals surface area contributed by atoms with Gasteiger partial charge in [0.05, 0.1) is 24.6 Å². The summed E-state index contributed by atoms with van der Waals surface area (Å²) in [5, 5.41) is 9.37. The normalized spacial score (nSPS) is 20.7. The van der Waals surface area contributed by atoms with Gasteiger partial charge < -0.3 is 14.9 Å². The monoisotopic (exact) mass is 473 g/mol. The summed E-state index contributed by atoms with van der Waals surface area (Å²) in [6.07, 6.45) is 8.69. The van der Waals surface area contributed by atoms with Crippen LogP contribution in [0.5, 0.6) is 0 Å². The molecule has 5 aromatic rings. The molecule has 0 amide bonds. The van der Waals surface area contributed by atoms with Crippen molar-refractivity contribution in [2.24, 2.45) is 14.1 Å². The third-order valence-corrected chi connectivity index (χ3v) is 6.74. The summed E-state index contributed by atoms with van der Waals surface area (Å²) in [5.41, 5.74) is 11.5. The van der Waals surface area contributed by atoms with Crippen LogP contribution in [0.3, 0.4) is 0 Å². The first kappa shape index (κ1) is 21.6. The third kappa shape index (κ3) is 3.52. The molecule has 1 fully saturated rings. The highest BCUT2D eigenvalue weighted by atomic mass is 16.5. The SMILES string of the molecule is C[C@@H]1CC(n2c(=O)nc(-c3cnn(C)c3)c3oc4cc(N)c(-c5cnn(C)c5)cc4c32)C[C@H](C)O1. The lowest BCUT2D eigenvalue weighted by atomic mass is 9.98. The van der Waals surface area contributed by atoms with Crippen molar-refractivity contribution in [2.75, 3.05) is 5.73 Å². The molecule has 1 aliphatic heterocycles. The Morgan fingerprint density at radius 3 is 2.29 bits per heavy atom. The molecule has 0 saturated carbocycles. The summed E-state index contributed by atoms with van der Waals surface area (Å²) in [5.74, 6) is 0. The molecule has 1 unspecified atom stereocenters. The van der Waals surface area contributed by atoms with Crippen LogP contribution in [0.2, 0.25) is 0 Å². The first-order chi connectivity index (χ1) is 16.8. The number of aromatic nitrogens is 6. The van der Waals surface area contributed by atoms with Crippen molar-refractivity contribution in [3.05, 3.63) is 47.4 Å². The predicted molar refractivity (Wildman–Crippen MR) is 133 cm³/mol. The Balaban J connectivity index is 1.69. The Kier molecular flexibility index (Phi) is 4.82. The highest BCUT2D eigenvalue weighted by Gasteiger charge is 2.30. The molecule has 10 nitrogen and oxygen atoms in total. The van der Waals surface area contributed by atoms with Crippen LogP contribution in [0, 0.1) is 0 Å². The standard InChI is InChI=1S/C25H27N7O3/c1-13-5-17(6-14(2)34-13)32-23-19-7-18(15-9-27-30(3)11-15)20(26)8-21(19)35-24(23)22(29-25(32)33)16-10-28-31(4)12-16/h7-14,17H,5-6,26H2,1-4H3/t13-,14+,17?. The zero-order valence-electron chi connectivity index (χ0n) is 20.1. The molecule has 0 spiro atoms. The fourth-order valence-corrected chi connectivity index (χ4v) is 5.31. The van der Waals surface area contributed by atoms with E-state index in [9.17, 15) is 4.79 Å². The minimum absolute atomic E-state index is 0.0310. The molecule has 35 heavy (non-hydrogen) atoms. The average Bonchev–Trinajstić information content (AvgIpc) is 3.50. The van der Waals surface area contributed by atoms with E-state index in [-0.39, 0.29) is 23.9 Å². The summed E-state index contributed by atoms with van der Waals surface area (Å²) in [6.45, 7) is 4.08. The lowest BCUT2D eigenvalue weighted by molar-refractivity contribution is -0.0486. The van der Waals surface area contributed by atoms with Gasteiger partial charge in [-0.25, -0.2) is 4.79 Å². The molecule has 5 heterocycles. The number of aryl methyl sites for hydroxylation is 2. The molecule has 2 N–H and O–H groups in total. The van der Waals surface area contributed by atoms with E-state index in [1.54, 1.807) is 26.3 Å². The van der Waals surface area contributed by atoms with Gasteiger partial charge in [0.15, 0.2) is 5.58 Å². The molecule has 4 aromatic heterocycles. The Bertz CT molecular complexity index is 1630. The van der Waals surface area contributed by atoms with Crippen molar-refractivity contribution in [1.29, 1.82) is 0 Å². The highest BCUT2D eigenvalue weighted by molar-refractivity contribution is 6.09. The van der Waals surface area contributed by atoms with Crippen LogP contribution in [0.1, 0.15) is 32.7 Å². The first-order valence-electron chi connectivity index (χ1n) is 11.7. The summed E-state index contributed by atoms with van der Waals surface area (Å²) in [6, 6.07) is 3.73. The number of nitrogens with two attached hydrogens (primary N) is 1. The number of fused-ring (bicyclic) bond motifs is 3. The van der Waals surface area contributed by atoms with Gasteiger partial charge in [0.1, 0.15) is 16.8 Å². The summed E-state index contributed by atoms with van der Waals surface area (Å²) in [7, 11) is 3.69. The number of nitrogens with zero attached hydrogens (tertiary/aromatic N) is 6. The van der Waals surface area contributed by atoms with E-state index < -0.39 is 0 Å². The quantitative estimate of drug-likeness (QED) is 0.397. The van der Waals surface area contributed by atoms with E-state index in [2.05, 4.69) is 15.2 Å². The van der Waals surface area contributed by atoms with Gasteiger partial charge in [-0.2, -0.15) is 15.2 Å². The summed E-state index contributed by atoms with van der Waals surface area (Å²) in [4.78, 5) is 18.1. The fourth-order valence-electron chi connectivity index (χ4n) is 5.31. The molecular formula is C25H27N7O3. The molecule has 180 valence electrons. The second kappa shape index (κ2) is 7.81. The zero-order chi connectivity index (χ0) is 24.4. The lowest BCUT2D eigenvalue weighted by Crippen LogP contribution is -2.36.